The fourth-order valence-electron chi connectivity index (χ4n) is 2.22. The molecule has 2 N–H and O–H groups in total. The minimum atomic E-state index is -0.200. The number of hydrogen-bond acceptors (Lipinski definition) is 2. The molecule has 2 atom stereocenters. The van der Waals surface area contributed by atoms with Crippen LogP contribution in [0.5, 0.6) is 0 Å². The molecular formula is C12H16BFN2. The molecular weight excluding hydrogens is 202 g/mol. The van der Waals surface area contributed by atoms with Gasteiger partial charge in [-0.2, -0.15) is 0 Å². The Kier molecular flexibility index (Phi) is 3.39. The summed E-state index contributed by atoms with van der Waals surface area (Å²) in [6.45, 7) is 1.83. The Morgan fingerprint density at radius 2 is 2.06 bits per heavy atom. The molecule has 2 rings (SSSR count). The van der Waals surface area contributed by atoms with Gasteiger partial charge in [0.25, 0.3) is 0 Å². The molecule has 2 nitrogen and oxygen atoms in total. The first-order valence-corrected chi connectivity index (χ1v) is 5.58. The standard InChI is InChI=1S/C12H16BFN2/c13-8-16-6-5-12(15)11(7-16)9-1-3-10(14)4-2-9/h1-4,8,11-13H,5-7,15H2/t11-,12-/m0/s1. The van der Waals surface area contributed by atoms with Gasteiger partial charge in [-0.05, 0) is 0 Å². The van der Waals surface area contributed by atoms with Crippen LogP contribution in [0.3, 0.4) is 0 Å². The van der Waals surface area contributed by atoms with Gasteiger partial charge in [0, 0.05) is 0 Å². The van der Waals surface area contributed by atoms with Crippen LogP contribution in [0.2, 0.25) is 0 Å². The first-order valence-electron chi connectivity index (χ1n) is 5.58. The molecule has 4 heteroatoms. The number of hydrogen-bond donors (Lipinski definition) is 1. The van der Waals surface area contributed by atoms with Gasteiger partial charge in [0.1, 0.15) is 0 Å². The normalized spacial score (nSPS) is 25.4. The zero-order valence-corrected chi connectivity index (χ0v) is 9.27. The van der Waals surface area contributed by atoms with E-state index in [1.54, 1.807) is 0 Å². The second-order valence-corrected chi connectivity index (χ2v) is 4.29. The van der Waals surface area contributed by atoms with Crippen LogP contribution >= 0.6 is 0 Å². The van der Waals surface area contributed by atoms with Crippen molar-refractivity contribution in [3.05, 3.63) is 35.6 Å². The average molecular weight is 218 g/mol. The molecule has 0 aliphatic carbocycles. The van der Waals surface area contributed by atoms with Crippen LogP contribution in [-0.4, -0.2) is 37.6 Å². The topological polar surface area (TPSA) is 29.3 Å². The number of rotatable bonds is 2. The quantitative estimate of drug-likeness (QED) is 0.736. The second kappa shape index (κ2) is 4.79. The van der Waals surface area contributed by atoms with Crippen LogP contribution < -0.4 is 5.73 Å². The van der Waals surface area contributed by atoms with Crippen molar-refractivity contribution in [2.45, 2.75) is 18.4 Å². The van der Waals surface area contributed by atoms with Gasteiger partial charge in [-0.3, -0.25) is 0 Å². The van der Waals surface area contributed by atoms with Crippen molar-refractivity contribution >= 4 is 13.6 Å². The SMILES string of the molecule is B=CN1CC[C@H](N)[C@H](c2ccc(F)cc2)C1. The van der Waals surface area contributed by atoms with E-state index in [0.29, 0.717) is 0 Å². The van der Waals surface area contributed by atoms with E-state index in [2.05, 4.69) is 12.4 Å². The third-order valence-corrected chi connectivity index (χ3v) is 3.25. The van der Waals surface area contributed by atoms with Crippen molar-refractivity contribution in [1.82, 2.24) is 4.90 Å². The Balaban J connectivity index is 2.17. The molecule has 0 saturated carbocycles. The molecule has 0 spiro atoms. The third-order valence-electron chi connectivity index (χ3n) is 3.25. The number of nitrogens with zero attached hydrogens (tertiary/aromatic N) is 1. The van der Waals surface area contributed by atoms with Crippen LogP contribution in [0.1, 0.15) is 17.9 Å². The summed E-state index contributed by atoms with van der Waals surface area (Å²) < 4.78 is 12.8. The summed E-state index contributed by atoms with van der Waals surface area (Å²) in [6.07, 6.45) is 2.80. The molecule has 0 aromatic heterocycles. The van der Waals surface area contributed by atoms with Gasteiger partial charge in [0.15, 0.2) is 0 Å². The number of piperidine rings is 1. The van der Waals surface area contributed by atoms with Crippen molar-refractivity contribution in [2.24, 2.45) is 5.73 Å². The van der Waals surface area contributed by atoms with Crippen LogP contribution in [0.25, 0.3) is 0 Å². The minimum absolute atomic E-state index is 0.154. The maximum atomic E-state index is 12.8. The van der Waals surface area contributed by atoms with Crippen molar-refractivity contribution in [3.63, 3.8) is 0 Å². The molecule has 0 amide bonds. The van der Waals surface area contributed by atoms with Gasteiger partial charge in [0.05, 0.1) is 0 Å². The fraction of sp³-hybridized carbons (Fsp3) is 0.417. The maximum absolute atomic E-state index is 12.8. The second-order valence-electron chi connectivity index (χ2n) is 4.29. The summed E-state index contributed by atoms with van der Waals surface area (Å²) in [5, 5.41) is 0. The third kappa shape index (κ3) is 2.32. The number of nitrogens with two attached hydrogens (primary N) is 1. The summed E-state index contributed by atoms with van der Waals surface area (Å²) in [5.41, 5.74) is 7.22. The Morgan fingerprint density at radius 3 is 2.69 bits per heavy atom. The first-order chi connectivity index (χ1) is 7.70. The van der Waals surface area contributed by atoms with Gasteiger partial charge >= 0.3 is 95.7 Å². The number of halogens is 1. The molecule has 0 bridgehead atoms. The molecule has 1 aliphatic heterocycles. The van der Waals surface area contributed by atoms with E-state index in [-0.39, 0.29) is 17.8 Å². The van der Waals surface area contributed by atoms with E-state index in [1.165, 1.54) is 12.1 Å². The van der Waals surface area contributed by atoms with Gasteiger partial charge in [0.2, 0.25) is 0 Å². The summed E-state index contributed by atoms with van der Waals surface area (Å²) in [4.78, 5) is 2.16. The molecule has 0 radical (unpaired) electrons. The summed E-state index contributed by atoms with van der Waals surface area (Å²) in [5.74, 6) is 0.0704. The molecule has 0 unspecified atom stereocenters. The monoisotopic (exact) mass is 218 g/mol. The zero-order chi connectivity index (χ0) is 11.5. The van der Waals surface area contributed by atoms with Gasteiger partial charge < -0.3 is 0 Å². The predicted molar refractivity (Wildman–Crippen MR) is 66.5 cm³/mol. The molecule has 1 aromatic rings. The molecule has 84 valence electrons. The summed E-state index contributed by atoms with van der Waals surface area (Å²) >= 11 is 0. The predicted octanol–water partition coefficient (Wildman–Crippen LogP) is 0.603. The van der Waals surface area contributed by atoms with Gasteiger partial charge in [-0.1, -0.05) is 0 Å². The van der Waals surface area contributed by atoms with E-state index in [0.717, 1.165) is 25.1 Å². The van der Waals surface area contributed by atoms with E-state index in [1.807, 2.05) is 18.2 Å². The fourth-order valence-corrected chi connectivity index (χ4v) is 2.22. The summed E-state index contributed by atoms with van der Waals surface area (Å²) in [7, 11) is 3.78. The van der Waals surface area contributed by atoms with Crippen molar-refractivity contribution in [3.8, 4) is 0 Å². The van der Waals surface area contributed by atoms with E-state index in [9.17, 15) is 4.39 Å². The van der Waals surface area contributed by atoms with Gasteiger partial charge in [-0.15, -0.1) is 0 Å². The van der Waals surface area contributed by atoms with Crippen molar-refractivity contribution in [2.75, 3.05) is 13.1 Å². The Morgan fingerprint density at radius 1 is 1.38 bits per heavy atom. The molecule has 1 heterocycles. The van der Waals surface area contributed by atoms with E-state index >= 15 is 0 Å². The van der Waals surface area contributed by atoms with Crippen molar-refractivity contribution in [1.29, 1.82) is 0 Å². The Bertz CT molecular complexity index is 366. The van der Waals surface area contributed by atoms with E-state index in [4.69, 9.17) is 5.73 Å². The van der Waals surface area contributed by atoms with Crippen LogP contribution in [0.4, 0.5) is 4.39 Å². The Hall–Kier alpha value is -1.16. The first kappa shape index (κ1) is 11.3. The van der Waals surface area contributed by atoms with Crippen molar-refractivity contribution < 1.29 is 4.39 Å². The molecule has 1 aliphatic rings. The van der Waals surface area contributed by atoms with E-state index < -0.39 is 0 Å². The molecule has 1 aromatic carbocycles. The van der Waals surface area contributed by atoms with Crippen LogP contribution in [0, 0.1) is 5.82 Å². The number of benzene rings is 1. The van der Waals surface area contributed by atoms with Crippen LogP contribution in [-0.2, 0) is 0 Å². The molecule has 1 saturated heterocycles. The van der Waals surface area contributed by atoms with Crippen LogP contribution in [0.15, 0.2) is 24.3 Å². The Labute approximate surface area is 96.3 Å². The van der Waals surface area contributed by atoms with Gasteiger partial charge in [-0.25, -0.2) is 0 Å². The number of likely N-dealkylation sites (tertiary alicyclic amines) is 1. The zero-order valence-electron chi connectivity index (χ0n) is 9.27. The summed E-state index contributed by atoms with van der Waals surface area (Å²) in [6, 6.07) is 6.80. The average Bonchev–Trinajstić information content (AvgIpc) is 2.31. The molecule has 1 fully saturated rings. The molecule has 16 heavy (non-hydrogen) atoms.